The van der Waals surface area contributed by atoms with E-state index in [0.29, 0.717) is 5.56 Å². The molecule has 2 rings (SSSR count). The van der Waals surface area contributed by atoms with Crippen LogP contribution in [-0.2, 0) is 9.59 Å². The molecule has 1 unspecified atom stereocenters. The Balaban J connectivity index is 2.31. The fourth-order valence-electron chi connectivity index (χ4n) is 2.18. The van der Waals surface area contributed by atoms with E-state index in [1.807, 2.05) is 0 Å². The number of carbonyl (C=O) groups is 4. The second-order valence-corrected chi connectivity index (χ2v) is 5.47. The van der Waals surface area contributed by atoms with Gasteiger partial charge in [-0.25, -0.2) is 4.79 Å². The molecule has 1 fully saturated rings. The van der Waals surface area contributed by atoms with Crippen LogP contribution in [0.2, 0.25) is 0 Å². The minimum absolute atomic E-state index is 0.317. The molecule has 1 aliphatic rings. The highest BCUT2D eigenvalue weighted by atomic mass is 16.2. The summed E-state index contributed by atoms with van der Waals surface area (Å²) in [6.45, 7) is 4.58. The summed E-state index contributed by atoms with van der Waals surface area (Å²) in [5.74, 6) is -2.16. The summed E-state index contributed by atoms with van der Waals surface area (Å²) < 4.78 is 0. The molecule has 0 radical (unpaired) electrons. The van der Waals surface area contributed by atoms with E-state index < -0.39 is 35.3 Å². The van der Waals surface area contributed by atoms with Crippen molar-refractivity contribution in [3.05, 3.63) is 35.9 Å². The minimum Gasteiger partial charge on any atom is -0.330 e. The largest absolute Gasteiger partial charge is 0.331 e. The van der Waals surface area contributed by atoms with Crippen LogP contribution in [0.25, 0.3) is 0 Å². The van der Waals surface area contributed by atoms with Crippen LogP contribution in [0, 0.1) is 0 Å². The molecule has 1 atom stereocenters. The molecule has 0 aliphatic carbocycles. The molecule has 7 heteroatoms. The van der Waals surface area contributed by atoms with Crippen LogP contribution in [-0.4, -0.2) is 40.2 Å². The molecule has 1 aromatic rings. The normalized spacial score (nSPS) is 21.8. The van der Waals surface area contributed by atoms with Crippen molar-refractivity contribution in [2.45, 2.75) is 32.4 Å². The zero-order valence-electron chi connectivity index (χ0n) is 12.5. The Kier molecular flexibility index (Phi) is 3.99. The number of hydrogen-bond acceptors (Lipinski definition) is 4. The number of carbonyl (C=O) groups excluding carboxylic acids is 4. The molecule has 2 N–H and O–H groups in total. The van der Waals surface area contributed by atoms with Crippen molar-refractivity contribution < 1.29 is 19.2 Å². The predicted molar refractivity (Wildman–Crippen MR) is 77.8 cm³/mol. The lowest BCUT2D eigenvalue weighted by Crippen LogP contribution is -2.73. The summed E-state index contributed by atoms with van der Waals surface area (Å²) in [7, 11) is 0. The molecule has 22 heavy (non-hydrogen) atoms. The summed E-state index contributed by atoms with van der Waals surface area (Å²) in [6, 6.07) is 7.00. The molecule has 1 aromatic carbocycles. The van der Waals surface area contributed by atoms with Gasteiger partial charge in [-0.05, 0) is 32.9 Å². The van der Waals surface area contributed by atoms with Crippen LogP contribution in [0.4, 0.5) is 4.79 Å². The number of benzene rings is 1. The van der Waals surface area contributed by atoms with Crippen molar-refractivity contribution >= 4 is 23.8 Å². The number of barbiturate groups is 1. The molecule has 0 spiro atoms. The first kappa shape index (κ1) is 15.7. The highest BCUT2D eigenvalue weighted by Gasteiger charge is 2.52. The summed E-state index contributed by atoms with van der Waals surface area (Å²) >= 11 is 0. The third-order valence-electron chi connectivity index (χ3n) is 3.46. The van der Waals surface area contributed by atoms with E-state index in [9.17, 15) is 19.2 Å². The zero-order chi connectivity index (χ0) is 16.5. The van der Waals surface area contributed by atoms with Crippen molar-refractivity contribution in [2.75, 3.05) is 0 Å². The highest BCUT2D eigenvalue weighted by Crippen LogP contribution is 2.18. The molecular weight excluding hydrogens is 286 g/mol. The van der Waals surface area contributed by atoms with Crippen LogP contribution < -0.4 is 10.6 Å². The quantitative estimate of drug-likeness (QED) is 0.802. The molecule has 5 amide bonds. The van der Waals surface area contributed by atoms with Crippen molar-refractivity contribution in [1.29, 1.82) is 0 Å². The van der Waals surface area contributed by atoms with Crippen molar-refractivity contribution in [3.8, 4) is 0 Å². The molecule has 1 aliphatic heterocycles. The van der Waals surface area contributed by atoms with Crippen molar-refractivity contribution in [3.63, 3.8) is 0 Å². The van der Waals surface area contributed by atoms with Gasteiger partial charge < -0.3 is 5.32 Å². The van der Waals surface area contributed by atoms with Gasteiger partial charge in [0.15, 0.2) is 5.54 Å². The highest BCUT2D eigenvalue weighted by molar-refractivity contribution is 6.23. The van der Waals surface area contributed by atoms with Gasteiger partial charge in [0.05, 0.1) is 0 Å². The zero-order valence-corrected chi connectivity index (χ0v) is 12.5. The average molecular weight is 303 g/mol. The number of amides is 5. The van der Waals surface area contributed by atoms with Gasteiger partial charge in [0.25, 0.3) is 17.7 Å². The smallest absolute Gasteiger partial charge is 0.330 e. The monoisotopic (exact) mass is 303 g/mol. The van der Waals surface area contributed by atoms with Crippen LogP contribution in [0.3, 0.4) is 0 Å². The van der Waals surface area contributed by atoms with Crippen molar-refractivity contribution in [1.82, 2.24) is 15.5 Å². The summed E-state index contributed by atoms with van der Waals surface area (Å²) in [4.78, 5) is 49.5. The number of rotatable bonds is 3. The second kappa shape index (κ2) is 5.59. The lowest BCUT2D eigenvalue weighted by Gasteiger charge is -2.39. The van der Waals surface area contributed by atoms with Crippen LogP contribution >= 0.6 is 0 Å². The molecule has 0 bridgehead atoms. The van der Waals surface area contributed by atoms with Gasteiger partial charge in [-0.3, -0.25) is 24.6 Å². The molecule has 0 aromatic heterocycles. The maximum absolute atomic E-state index is 12.5. The van der Waals surface area contributed by atoms with Gasteiger partial charge >= 0.3 is 6.03 Å². The van der Waals surface area contributed by atoms with E-state index in [4.69, 9.17) is 0 Å². The molecule has 1 heterocycles. The third kappa shape index (κ3) is 2.57. The van der Waals surface area contributed by atoms with Crippen LogP contribution in [0.1, 0.15) is 31.1 Å². The predicted octanol–water partition coefficient (Wildman–Crippen LogP) is 0.662. The summed E-state index contributed by atoms with van der Waals surface area (Å²) in [6.07, 6.45) is 0. The number of imide groups is 2. The number of nitrogens with zero attached hydrogens (tertiary/aromatic N) is 1. The Morgan fingerprint density at radius 2 is 1.77 bits per heavy atom. The lowest BCUT2D eigenvalue weighted by atomic mass is 9.95. The van der Waals surface area contributed by atoms with Gasteiger partial charge in [0, 0.05) is 11.6 Å². The van der Waals surface area contributed by atoms with E-state index in [2.05, 4.69) is 10.6 Å². The van der Waals surface area contributed by atoms with Gasteiger partial charge in [0.2, 0.25) is 0 Å². The Morgan fingerprint density at radius 1 is 1.18 bits per heavy atom. The molecule has 0 saturated carbocycles. The Morgan fingerprint density at radius 3 is 2.32 bits per heavy atom. The molecule has 7 nitrogen and oxygen atoms in total. The van der Waals surface area contributed by atoms with Crippen LogP contribution in [0.5, 0.6) is 0 Å². The maximum atomic E-state index is 12.5. The SMILES string of the molecule is CC(C)N1C(=O)NC(=O)C(C)(NC(=O)c2ccccc2)C1=O. The van der Waals surface area contributed by atoms with E-state index >= 15 is 0 Å². The fraction of sp³-hybridized carbons (Fsp3) is 0.333. The second-order valence-electron chi connectivity index (χ2n) is 5.47. The van der Waals surface area contributed by atoms with E-state index in [1.54, 1.807) is 44.2 Å². The summed E-state index contributed by atoms with van der Waals surface area (Å²) in [5, 5.41) is 4.52. The topological polar surface area (TPSA) is 95.6 Å². The van der Waals surface area contributed by atoms with Gasteiger partial charge in [0.1, 0.15) is 0 Å². The van der Waals surface area contributed by atoms with Gasteiger partial charge in [-0.2, -0.15) is 0 Å². The fourth-order valence-corrected chi connectivity index (χ4v) is 2.18. The lowest BCUT2D eigenvalue weighted by molar-refractivity contribution is -0.146. The minimum atomic E-state index is -1.83. The third-order valence-corrected chi connectivity index (χ3v) is 3.46. The van der Waals surface area contributed by atoms with Crippen LogP contribution in [0.15, 0.2) is 30.3 Å². The molecular formula is C15H17N3O4. The Bertz CT molecular complexity index is 641. The molecule has 1 saturated heterocycles. The van der Waals surface area contributed by atoms with E-state index in [-0.39, 0.29) is 0 Å². The first-order chi connectivity index (χ1) is 10.3. The van der Waals surface area contributed by atoms with E-state index in [1.165, 1.54) is 6.92 Å². The summed E-state index contributed by atoms with van der Waals surface area (Å²) in [5.41, 5.74) is -1.51. The first-order valence-corrected chi connectivity index (χ1v) is 6.84. The maximum Gasteiger partial charge on any atom is 0.331 e. The van der Waals surface area contributed by atoms with E-state index in [0.717, 1.165) is 4.90 Å². The number of urea groups is 1. The van der Waals surface area contributed by atoms with Crippen molar-refractivity contribution in [2.24, 2.45) is 0 Å². The number of nitrogens with one attached hydrogen (secondary N) is 2. The standard InChI is InChI=1S/C15H17N3O4/c1-9(2)18-13(21)15(3,12(20)16-14(18)22)17-11(19)10-7-5-4-6-8-10/h4-9H,1-3H3,(H,17,19)(H,16,20,22). The Labute approximate surface area is 127 Å². The van der Waals surface area contributed by atoms with Gasteiger partial charge in [-0.15, -0.1) is 0 Å². The van der Waals surface area contributed by atoms with Gasteiger partial charge in [-0.1, -0.05) is 18.2 Å². The molecule has 116 valence electrons. The first-order valence-electron chi connectivity index (χ1n) is 6.84. The Hall–Kier alpha value is -2.70. The average Bonchev–Trinajstić information content (AvgIpc) is 2.46. The number of hydrogen-bond donors (Lipinski definition) is 2.